The van der Waals surface area contributed by atoms with Gasteiger partial charge in [-0.15, -0.1) is 0 Å². The third kappa shape index (κ3) is 29.1. The second-order valence-electron chi connectivity index (χ2n) is 0.747. The van der Waals surface area contributed by atoms with Gasteiger partial charge in [-0.3, -0.25) is 4.79 Å². The van der Waals surface area contributed by atoms with E-state index in [0.717, 1.165) is 0 Å². The van der Waals surface area contributed by atoms with E-state index in [4.69, 9.17) is 5.11 Å². The monoisotopic (exact) mass is 168 g/mol. The first-order chi connectivity index (χ1) is 2.27. The Morgan fingerprint density at radius 2 is 1.62 bits per heavy atom. The molecular formula is C3H6Cl2MgO2. The molecule has 5 heteroatoms. The van der Waals surface area contributed by atoms with Crippen molar-refractivity contribution in [2.45, 2.75) is 13.3 Å². The molecule has 0 radical (unpaired) electrons. The van der Waals surface area contributed by atoms with Gasteiger partial charge in [0.1, 0.15) is 0 Å². The molecule has 0 aliphatic carbocycles. The van der Waals surface area contributed by atoms with Crippen LogP contribution in [0.5, 0.6) is 0 Å². The maximum atomic E-state index is 9.37. The van der Waals surface area contributed by atoms with Crippen LogP contribution in [0, 0.1) is 0 Å². The van der Waals surface area contributed by atoms with E-state index in [1.807, 2.05) is 0 Å². The van der Waals surface area contributed by atoms with Crippen LogP contribution in [0.25, 0.3) is 0 Å². The second kappa shape index (κ2) is 15.7. The molecule has 0 saturated carbocycles. The van der Waals surface area contributed by atoms with E-state index < -0.39 is 5.97 Å². The van der Waals surface area contributed by atoms with E-state index in [-0.39, 0.29) is 54.3 Å². The first-order valence-electron chi connectivity index (χ1n) is 1.49. The first-order valence-corrected chi connectivity index (χ1v) is 1.49. The van der Waals surface area contributed by atoms with Crippen molar-refractivity contribution >= 4 is 29.0 Å². The van der Waals surface area contributed by atoms with Crippen LogP contribution in [0.3, 0.4) is 0 Å². The Bertz CT molecular complexity index is 50.5. The van der Waals surface area contributed by atoms with Gasteiger partial charge in [0.05, 0.1) is 0 Å². The number of hydrogen-bond acceptors (Lipinski definition) is 1. The molecular weight excluding hydrogens is 163 g/mol. The maximum Gasteiger partial charge on any atom is 2.00 e. The number of carboxylic acids is 1. The molecule has 0 saturated heterocycles. The summed E-state index contributed by atoms with van der Waals surface area (Å²) in [5.74, 6) is -0.745. The third-order valence-electron chi connectivity index (χ3n) is 0.302. The van der Waals surface area contributed by atoms with Crippen molar-refractivity contribution in [1.29, 1.82) is 0 Å². The average Bonchev–Trinajstić information content (AvgIpc) is 1.38. The zero-order chi connectivity index (χ0) is 4.28. The molecule has 0 fully saturated rings. The molecule has 0 aromatic heterocycles. The minimum Gasteiger partial charge on any atom is -1.00 e. The van der Waals surface area contributed by atoms with Crippen molar-refractivity contribution < 1.29 is 34.7 Å². The number of halogens is 2. The second-order valence-corrected chi connectivity index (χ2v) is 0.747. The smallest absolute Gasteiger partial charge is 1.00 e. The summed E-state index contributed by atoms with van der Waals surface area (Å²) in [5, 5.41) is 7.72. The fourth-order valence-corrected chi connectivity index (χ4v) is 0. The summed E-state index contributed by atoms with van der Waals surface area (Å²) >= 11 is 0. The number of carboxylic acid groups (broad SMARTS) is 1. The van der Waals surface area contributed by atoms with Gasteiger partial charge in [-0.1, -0.05) is 6.92 Å². The number of aliphatic carboxylic acids is 1. The molecule has 46 valence electrons. The van der Waals surface area contributed by atoms with Crippen molar-refractivity contribution in [3.8, 4) is 0 Å². The zero-order valence-electron chi connectivity index (χ0n) is 4.53. The Balaban J connectivity index is -0.0000000267. The Hall–Kier alpha value is 0.816. The molecule has 8 heavy (non-hydrogen) atoms. The van der Waals surface area contributed by atoms with Crippen LogP contribution >= 0.6 is 0 Å². The van der Waals surface area contributed by atoms with Gasteiger partial charge in [-0.2, -0.15) is 0 Å². The van der Waals surface area contributed by atoms with Crippen LogP contribution in [0.15, 0.2) is 0 Å². The Labute approximate surface area is 77.0 Å². The standard InChI is InChI=1S/C3H6O2.2ClH.Mg/c1-2-3(4)5;;;/h2H2,1H3,(H,4,5);2*1H;/q;;;+2/p-2. The molecule has 0 aromatic rings. The van der Waals surface area contributed by atoms with Crippen molar-refractivity contribution in [3.63, 3.8) is 0 Å². The van der Waals surface area contributed by atoms with Crippen molar-refractivity contribution in [1.82, 2.24) is 0 Å². The first kappa shape index (κ1) is 23.2. The third-order valence-corrected chi connectivity index (χ3v) is 0.302. The van der Waals surface area contributed by atoms with Crippen molar-refractivity contribution in [2.24, 2.45) is 0 Å². The molecule has 0 unspecified atom stereocenters. The molecule has 0 amide bonds. The number of carbonyl (C=O) groups is 1. The van der Waals surface area contributed by atoms with Gasteiger partial charge in [0.25, 0.3) is 0 Å². The zero-order valence-corrected chi connectivity index (χ0v) is 7.45. The van der Waals surface area contributed by atoms with Gasteiger partial charge in [-0.25, -0.2) is 0 Å². The number of hydrogen-bond donors (Lipinski definition) is 1. The minimum absolute atomic E-state index is 0. The van der Waals surface area contributed by atoms with Crippen LogP contribution in [0.2, 0.25) is 0 Å². The van der Waals surface area contributed by atoms with E-state index in [9.17, 15) is 4.79 Å². The van der Waals surface area contributed by atoms with E-state index in [0.29, 0.717) is 0 Å². The van der Waals surface area contributed by atoms with Crippen LogP contribution in [-0.4, -0.2) is 34.1 Å². The predicted octanol–water partition coefficient (Wildman–Crippen LogP) is -5.89. The van der Waals surface area contributed by atoms with E-state index in [1.165, 1.54) is 0 Å². The maximum absolute atomic E-state index is 9.37. The number of rotatable bonds is 1. The summed E-state index contributed by atoms with van der Waals surface area (Å²) in [6.45, 7) is 1.60. The van der Waals surface area contributed by atoms with Gasteiger partial charge in [-0.05, 0) is 0 Å². The molecule has 0 aliphatic rings. The molecule has 2 nitrogen and oxygen atoms in total. The van der Waals surface area contributed by atoms with Crippen LogP contribution in [0.4, 0.5) is 0 Å². The molecule has 0 bridgehead atoms. The summed E-state index contributed by atoms with van der Waals surface area (Å²) in [6.07, 6.45) is 0.222. The van der Waals surface area contributed by atoms with E-state index in [1.54, 1.807) is 6.92 Å². The topological polar surface area (TPSA) is 37.3 Å². The van der Waals surface area contributed by atoms with Gasteiger partial charge in [0, 0.05) is 6.42 Å². The van der Waals surface area contributed by atoms with Crippen molar-refractivity contribution in [3.05, 3.63) is 0 Å². The average molecular weight is 169 g/mol. The molecule has 0 aromatic carbocycles. The summed E-state index contributed by atoms with van der Waals surface area (Å²) in [6, 6.07) is 0. The Kier molecular flexibility index (Phi) is 45.4. The Morgan fingerprint density at radius 1 is 1.50 bits per heavy atom. The molecule has 0 atom stereocenters. The fraction of sp³-hybridized carbons (Fsp3) is 0.667. The summed E-state index contributed by atoms with van der Waals surface area (Å²) in [7, 11) is 0. The van der Waals surface area contributed by atoms with E-state index in [2.05, 4.69) is 0 Å². The molecule has 0 heterocycles. The SMILES string of the molecule is CCC(=O)O.[Cl-].[Cl-].[Mg+2]. The van der Waals surface area contributed by atoms with E-state index >= 15 is 0 Å². The molecule has 0 aliphatic heterocycles. The molecule has 0 spiro atoms. The van der Waals surface area contributed by atoms with Crippen LogP contribution < -0.4 is 24.8 Å². The van der Waals surface area contributed by atoms with Crippen LogP contribution in [-0.2, 0) is 4.79 Å². The quantitative estimate of drug-likeness (QED) is 0.397. The van der Waals surface area contributed by atoms with Gasteiger partial charge in [0.2, 0.25) is 0 Å². The molecule has 1 N–H and O–H groups in total. The summed E-state index contributed by atoms with van der Waals surface area (Å²) < 4.78 is 0. The fourth-order valence-electron chi connectivity index (χ4n) is 0. The summed E-state index contributed by atoms with van der Waals surface area (Å²) in [5.41, 5.74) is 0. The van der Waals surface area contributed by atoms with Gasteiger partial charge < -0.3 is 29.9 Å². The Morgan fingerprint density at radius 3 is 1.62 bits per heavy atom. The largest absolute Gasteiger partial charge is 2.00 e. The normalized spacial score (nSPS) is 4.62. The van der Waals surface area contributed by atoms with Crippen molar-refractivity contribution in [2.75, 3.05) is 0 Å². The van der Waals surface area contributed by atoms with Gasteiger partial charge in [0.15, 0.2) is 0 Å². The van der Waals surface area contributed by atoms with Gasteiger partial charge >= 0.3 is 29.0 Å². The molecule has 0 rings (SSSR count). The predicted molar refractivity (Wildman–Crippen MR) is 23.7 cm³/mol. The minimum atomic E-state index is -0.745. The van der Waals surface area contributed by atoms with Crippen LogP contribution in [0.1, 0.15) is 13.3 Å². The summed E-state index contributed by atoms with van der Waals surface area (Å²) in [4.78, 5) is 9.37.